The Kier molecular flexibility index (Phi) is 22.9. The molecule has 2 aromatic carbocycles. The van der Waals surface area contributed by atoms with Gasteiger partial charge in [0.15, 0.2) is 5.96 Å². The third-order valence-electron chi connectivity index (χ3n) is 9.92. The van der Waals surface area contributed by atoms with Gasteiger partial charge in [-0.05, 0) is 36.8 Å². The van der Waals surface area contributed by atoms with Crippen molar-refractivity contribution in [1.82, 2.24) is 42.5 Å². The average Bonchev–Trinajstić information content (AvgIpc) is 3.27. The molecule has 25 heteroatoms. The molecule has 17 N–H and O–H groups in total. The smallest absolute Gasteiger partial charge is 0.322 e. The first-order valence-electron chi connectivity index (χ1n) is 21.3. The van der Waals surface area contributed by atoms with Gasteiger partial charge in [0.05, 0.1) is 18.7 Å². The number of nitrogens with two attached hydrogens (primary N) is 4. The molecule has 0 aliphatic carbocycles. The highest BCUT2D eigenvalue weighted by molar-refractivity contribution is 8.76. The van der Waals surface area contributed by atoms with Crippen molar-refractivity contribution in [3.8, 4) is 0 Å². The molecule has 1 saturated heterocycles. The van der Waals surface area contributed by atoms with E-state index in [0.29, 0.717) is 11.1 Å². The molecule has 1 aliphatic heterocycles. The molecule has 67 heavy (non-hydrogen) atoms. The van der Waals surface area contributed by atoms with E-state index in [0.717, 1.165) is 21.6 Å². The van der Waals surface area contributed by atoms with Gasteiger partial charge in [0.1, 0.15) is 36.3 Å². The van der Waals surface area contributed by atoms with E-state index in [1.165, 1.54) is 6.92 Å². The maximum Gasteiger partial charge on any atom is 0.322 e. The number of imide groups is 1. The summed E-state index contributed by atoms with van der Waals surface area (Å²) >= 11 is 0. The van der Waals surface area contributed by atoms with Crippen LogP contribution in [0.2, 0.25) is 0 Å². The van der Waals surface area contributed by atoms with Crippen LogP contribution in [0.15, 0.2) is 65.7 Å². The second kappa shape index (κ2) is 27.9. The molecule has 1 fully saturated rings. The molecule has 23 nitrogen and oxygen atoms in total. The number of guanidine groups is 1. The summed E-state index contributed by atoms with van der Waals surface area (Å²) in [5, 5.41) is 30.4. The van der Waals surface area contributed by atoms with Crippen molar-refractivity contribution in [2.24, 2.45) is 33.8 Å². The topological polar surface area (TPSA) is 387 Å². The van der Waals surface area contributed by atoms with Gasteiger partial charge < -0.3 is 65.3 Å². The fourth-order valence-electron chi connectivity index (χ4n) is 6.33. The van der Waals surface area contributed by atoms with Gasteiger partial charge >= 0.3 is 6.03 Å². The molecule has 0 saturated carbocycles. The highest BCUT2D eigenvalue weighted by Gasteiger charge is 2.36. The van der Waals surface area contributed by atoms with E-state index >= 15 is 0 Å². The Morgan fingerprint density at radius 3 is 1.73 bits per heavy atom. The van der Waals surface area contributed by atoms with Crippen molar-refractivity contribution in [3.05, 3.63) is 71.8 Å². The molecule has 1 aliphatic rings. The summed E-state index contributed by atoms with van der Waals surface area (Å²) in [6.07, 6.45) is -1.63. The fraction of sp³-hybridized carbons (Fsp3) is 0.476. The highest BCUT2D eigenvalue weighted by atomic mass is 33.1. The normalized spacial score (nSPS) is 23.8. The molecule has 366 valence electrons. The monoisotopic (exact) mass is 971 g/mol. The van der Waals surface area contributed by atoms with E-state index in [1.54, 1.807) is 74.5 Å². The van der Waals surface area contributed by atoms with Gasteiger partial charge in [-0.25, -0.2) is 4.79 Å². The minimum absolute atomic E-state index is 0.0536. The van der Waals surface area contributed by atoms with Gasteiger partial charge in [0.25, 0.3) is 5.91 Å². The van der Waals surface area contributed by atoms with Crippen LogP contribution in [0.1, 0.15) is 44.7 Å². The van der Waals surface area contributed by atoms with E-state index in [4.69, 9.17) is 22.9 Å². The Hall–Kier alpha value is -6.44. The lowest BCUT2D eigenvalue weighted by atomic mass is 9.99. The largest absolute Gasteiger partial charge is 0.391 e. The van der Waals surface area contributed by atoms with Crippen molar-refractivity contribution in [3.63, 3.8) is 0 Å². The Balaban J connectivity index is 2.09. The predicted octanol–water partition coefficient (Wildman–Crippen LogP) is -3.50. The zero-order valence-corrected chi connectivity index (χ0v) is 39.0. The number of amides is 10. The van der Waals surface area contributed by atoms with Crippen molar-refractivity contribution in [1.29, 1.82) is 0 Å². The molecule has 8 atom stereocenters. The van der Waals surface area contributed by atoms with Crippen LogP contribution in [-0.2, 0) is 51.2 Å². The summed E-state index contributed by atoms with van der Waals surface area (Å²) in [6, 6.07) is 6.16. The van der Waals surface area contributed by atoms with Crippen LogP contribution in [-0.4, -0.2) is 137 Å². The molecule has 0 aromatic heterocycles. The summed E-state index contributed by atoms with van der Waals surface area (Å²) in [6.45, 7) is 3.98. The number of nitrogens with zero attached hydrogens (tertiary/aromatic N) is 1. The second-order valence-corrected chi connectivity index (χ2v) is 18.4. The second-order valence-electron chi connectivity index (χ2n) is 15.8. The van der Waals surface area contributed by atoms with Gasteiger partial charge in [0.2, 0.25) is 41.4 Å². The van der Waals surface area contributed by atoms with Crippen molar-refractivity contribution in [2.45, 2.75) is 94.9 Å². The molecule has 0 radical (unpaired) electrons. The first-order valence-corrected chi connectivity index (χ1v) is 23.7. The highest BCUT2D eigenvalue weighted by Crippen LogP contribution is 2.23. The number of urea groups is 1. The molecular weight excluding hydrogens is 911 g/mol. The van der Waals surface area contributed by atoms with Crippen LogP contribution in [0.5, 0.6) is 0 Å². The Morgan fingerprint density at radius 2 is 1.19 bits per heavy atom. The third kappa shape index (κ3) is 19.5. The number of benzene rings is 2. The number of hydrogen-bond donors (Lipinski definition) is 13. The molecule has 0 spiro atoms. The van der Waals surface area contributed by atoms with Crippen molar-refractivity contribution < 1.29 is 48.3 Å². The van der Waals surface area contributed by atoms with Crippen LogP contribution in [0.3, 0.4) is 0 Å². The van der Waals surface area contributed by atoms with E-state index in [1.807, 2.05) is 0 Å². The average molecular weight is 972 g/mol. The zero-order valence-electron chi connectivity index (χ0n) is 37.3. The lowest BCUT2D eigenvalue weighted by Crippen LogP contribution is -2.62. The number of rotatable bonds is 13. The summed E-state index contributed by atoms with van der Waals surface area (Å²) < 4.78 is 0. The number of hydrogen-bond acceptors (Lipinski definition) is 14. The summed E-state index contributed by atoms with van der Waals surface area (Å²) in [5.74, 6) is -8.16. The Labute approximate surface area is 395 Å². The first kappa shape index (κ1) is 54.9. The number of carbonyl (C=O) groups is 9. The number of nitrogens with one attached hydrogen (secondary N) is 8. The fourth-order valence-corrected chi connectivity index (χ4v) is 8.61. The van der Waals surface area contributed by atoms with Gasteiger partial charge in [-0.2, -0.15) is 0 Å². The van der Waals surface area contributed by atoms with Gasteiger partial charge in [-0.1, -0.05) is 96.1 Å². The maximum atomic E-state index is 14.2. The molecule has 1 heterocycles. The lowest BCUT2D eigenvalue weighted by molar-refractivity contribution is -0.136. The van der Waals surface area contributed by atoms with E-state index in [-0.39, 0.29) is 49.7 Å². The van der Waals surface area contributed by atoms with Crippen LogP contribution >= 0.6 is 21.6 Å². The molecule has 3 rings (SSSR count). The summed E-state index contributed by atoms with van der Waals surface area (Å²) in [4.78, 5) is 125. The number of aliphatic hydroxyl groups excluding tert-OH is 1. The number of aliphatic hydroxyl groups is 1. The third-order valence-corrected chi connectivity index (χ3v) is 12.4. The number of aliphatic imine (C=N–C) groups is 1. The molecule has 0 bridgehead atoms. The molecular formula is C42H61N13O10S2. The van der Waals surface area contributed by atoms with Crippen LogP contribution in [0.25, 0.3) is 0 Å². The summed E-state index contributed by atoms with van der Waals surface area (Å²) in [7, 11) is 1.99. The van der Waals surface area contributed by atoms with Gasteiger partial charge in [-0.15, -0.1) is 0 Å². The van der Waals surface area contributed by atoms with Crippen LogP contribution < -0.4 is 65.5 Å². The van der Waals surface area contributed by atoms with Gasteiger partial charge in [-0.3, -0.25) is 48.7 Å². The predicted molar refractivity (Wildman–Crippen MR) is 252 cm³/mol. The maximum absolute atomic E-state index is 14.2. The Bertz CT molecular complexity index is 2060. The standard InChI is InChI=1S/C42H61N13O10S2/c1-22(2)32-39(63)50-29(18-25-13-8-5-9-14-25)38(62)55-42(65)52-30(35(59)48-19-31(44)57)21-67-66-20-26(43)34(58)54-33(23(3)56)40(64)51-28(17-24-11-6-4-7-12-24)37(61)49-27(36(60)53-32)15-10-16-47-41(45)46/h4-9,11-14,22-23,26-30,32-33,56H,10,15-21,43H2,1-3H3,(H2,44,57)(H,48,59)(H,49,61)(H,50,63)(H,51,64)(H,53,60)(H,54,58)(H4,45,46,47)(H2,52,55,62,65)/t23-,26+,27+,28+,29+,30+,32+,33+/m1/s1. The summed E-state index contributed by atoms with van der Waals surface area (Å²) in [5.41, 5.74) is 23.5. The quantitative estimate of drug-likeness (QED) is 0.0401. The van der Waals surface area contributed by atoms with Crippen LogP contribution in [0, 0.1) is 5.92 Å². The molecule has 2 aromatic rings. The van der Waals surface area contributed by atoms with Crippen molar-refractivity contribution >= 4 is 80.8 Å². The lowest BCUT2D eigenvalue weighted by Gasteiger charge is -2.29. The molecule has 0 unspecified atom stereocenters. The zero-order chi connectivity index (χ0) is 49.6. The number of primary amides is 1. The van der Waals surface area contributed by atoms with E-state index in [9.17, 15) is 48.3 Å². The minimum atomic E-state index is -1.62. The Morgan fingerprint density at radius 1 is 0.687 bits per heavy atom. The van der Waals surface area contributed by atoms with E-state index < -0.39 is 114 Å². The minimum Gasteiger partial charge on any atom is -0.391 e. The SMILES string of the molecule is CC(C)[C@@H]1NC(=O)[C@H](CCCN=C(N)N)NC(=O)[C@H](Cc2ccccc2)NC(=O)[C@H]([C@@H](C)O)NC(=O)[C@@H](N)CSSC[C@@H](C(=O)NCC(N)=O)NC(=O)NC(=O)[C@H](Cc2ccccc2)NC1=O. The van der Waals surface area contributed by atoms with Crippen molar-refractivity contribution in [2.75, 3.05) is 24.6 Å². The number of carbonyl (C=O) groups excluding carboxylic acids is 9. The molecule has 10 amide bonds. The van der Waals surface area contributed by atoms with Gasteiger partial charge in [0, 0.05) is 30.9 Å². The first-order chi connectivity index (χ1) is 31.7. The van der Waals surface area contributed by atoms with Crippen LogP contribution in [0.4, 0.5) is 4.79 Å². The van der Waals surface area contributed by atoms with E-state index in [2.05, 4.69) is 47.5 Å².